The summed E-state index contributed by atoms with van der Waals surface area (Å²) in [6, 6.07) is 2.71. The molecule has 2 heterocycles. The Labute approximate surface area is 102 Å². The summed E-state index contributed by atoms with van der Waals surface area (Å²) < 4.78 is 0. The molecule has 1 N–H and O–H groups in total. The zero-order valence-electron chi connectivity index (χ0n) is 10.2. The van der Waals surface area contributed by atoms with Crippen molar-refractivity contribution in [3.63, 3.8) is 0 Å². The number of hydrogen-bond acceptors (Lipinski definition) is 4. The minimum absolute atomic E-state index is 0.838. The Bertz CT molecular complexity index is 342. The zero-order chi connectivity index (χ0) is 11.5. The van der Waals surface area contributed by atoms with E-state index in [0.29, 0.717) is 0 Å². The highest BCUT2D eigenvalue weighted by molar-refractivity contribution is 5.28. The molecule has 4 nitrogen and oxygen atoms in total. The first-order chi connectivity index (χ1) is 8.42. The monoisotopic (exact) mass is 232 g/mol. The van der Waals surface area contributed by atoms with Crippen molar-refractivity contribution in [2.45, 2.75) is 31.7 Å². The number of nitrogens with zero attached hydrogens (tertiary/aromatic N) is 3. The second kappa shape index (κ2) is 5.00. The van der Waals surface area contributed by atoms with Crippen molar-refractivity contribution in [2.75, 3.05) is 24.5 Å². The van der Waals surface area contributed by atoms with Crippen molar-refractivity contribution in [3.8, 4) is 0 Å². The molecule has 1 aromatic heterocycles. The van der Waals surface area contributed by atoms with Gasteiger partial charge in [0.25, 0.3) is 0 Å². The average Bonchev–Trinajstić information content (AvgIpc) is 3.22. The standard InChI is InChI=1S/C13H20N4/c1-6-14-13(15-7-1)17-8-4-11(5-9-17)10-16-12-2-3-12/h1,6-7,11-12,16H,2-5,8-10H2. The maximum atomic E-state index is 4.31. The minimum Gasteiger partial charge on any atom is -0.341 e. The molecule has 1 saturated heterocycles. The van der Waals surface area contributed by atoms with Gasteiger partial charge in [-0.1, -0.05) is 0 Å². The van der Waals surface area contributed by atoms with Crippen LogP contribution in [0.1, 0.15) is 25.7 Å². The van der Waals surface area contributed by atoms with Crippen LogP contribution in [0.15, 0.2) is 18.5 Å². The van der Waals surface area contributed by atoms with Crippen LogP contribution in [0.3, 0.4) is 0 Å². The molecule has 0 aromatic carbocycles. The van der Waals surface area contributed by atoms with Crippen molar-refractivity contribution in [2.24, 2.45) is 5.92 Å². The maximum absolute atomic E-state index is 4.31. The van der Waals surface area contributed by atoms with Crippen molar-refractivity contribution in [1.82, 2.24) is 15.3 Å². The minimum atomic E-state index is 0.838. The fraction of sp³-hybridized carbons (Fsp3) is 0.692. The lowest BCUT2D eigenvalue weighted by Gasteiger charge is -2.32. The number of hydrogen-bond donors (Lipinski definition) is 1. The second-order valence-electron chi connectivity index (χ2n) is 5.16. The van der Waals surface area contributed by atoms with Gasteiger partial charge in [-0.05, 0) is 44.2 Å². The van der Waals surface area contributed by atoms with Gasteiger partial charge in [0.2, 0.25) is 5.95 Å². The lowest BCUT2D eigenvalue weighted by Crippen LogP contribution is -2.38. The normalized spacial score (nSPS) is 21.8. The van der Waals surface area contributed by atoms with Crippen LogP contribution in [0.5, 0.6) is 0 Å². The predicted octanol–water partition coefficient (Wildman–Crippen LogP) is 1.44. The van der Waals surface area contributed by atoms with Gasteiger partial charge >= 0.3 is 0 Å². The maximum Gasteiger partial charge on any atom is 0.225 e. The molecule has 0 amide bonds. The molecular formula is C13H20N4. The summed E-state index contributed by atoms with van der Waals surface area (Å²) in [6.45, 7) is 3.40. The van der Waals surface area contributed by atoms with E-state index in [9.17, 15) is 0 Å². The SMILES string of the molecule is c1cnc(N2CCC(CNC3CC3)CC2)nc1. The molecule has 3 rings (SSSR count). The molecule has 2 fully saturated rings. The molecule has 0 radical (unpaired) electrons. The average molecular weight is 232 g/mol. The van der Waals surface area contributed by atoms with Crippen molar-refractivity contribution in [3.05, 3.63) is 18.5 Å². The smallest absolute Gasteiger partial charge is 0.225 e. The summed E-state index contributed by atoms with van der Waals surface area (Å²) in [5.41, 5.74) is 0. The van der Waals surface area contributed by atoms with Crippen LogP contribution in [0, 0.1) is 5.92 Å². The Morgan fingerprint density at radius 3 is 2.47 bits per heavy atom. The van der Waals surface area contributed by atoms with Gasteiger partial charge in [-0.2, -0.15) is 0 Å². The Morgan fingerprint density at radius 2 is 1.82 bits per heavy atom. The number of rotatable bonds is 4. The summed E-state index contributed by atoms with van der Waals surface area (Å²) in [7, 11) is 0. The molecule has 1 aliphatic heterocycles. The van der Waals surface area contributed by atoms with Crippen molar-refractivity contribution in [1.29, 1.82) is 0 Å². The van der Waals surface area contributed by atoms with Crippen LogP contribution in [0.4, 0.5) is 5.95 Å². The van der Waals surface area contributed by atoms with Crippen LogP contribution < -0.4 is 10.2 Å². The van der Waals surface area contributed by atoms with E-state index in [2.05, 4.69) is 20.2 Å². The molecule has 1 aromatic rings. The van der Waals surface area contributed by atoms with Gasteiger partial charge in [-0.15, -0.1) is 0 Å². The van der Waals surface area contributed by atoms with Gasteiger partial charge in [-0.3, -0.25) is 0 Å². The highest BCUT2D eigenvalue weighted by atomic mass is 15.2. The lowest BCUT2D eigenvalue weighted by molar-refractivity contribution is 0.379. The third kappa shape index (κ3) is 2.94. The Morgan fingerprint density at radius 1 is 1.12 bits per heavy atom. The summed E-state index contributed by atoms with van der Waals surface area (Å²) >= 11 is 0. The highest BCUT2D eigenvalue weighted by Gasteiger charge is 2.24. The molecule has 92 valence electrons. The molecule has 0 atom stereocenters. The molecule has 1 aliphatic carbocycles. The number of nitrogens with one attached hydrogen (secondary N) is 1. The quantitative estimate of drug-likeness (QED) is 0.853. The molecule has 0 unspecified atom stereocenters. The van der Waals surface area contributed by atoms with E-state index < -0.39 is 0 Å². The molecule has 1 saturated carbocycles. The topological polar surface area (TPSA) is 41.1 Å². The van der Waals surface area contributed by atoms with E-state index in [1.54, 1.807) is 0 Å². The fourth-order valence-corrected chi connectivity index (χ4v) is 2.41. The van der Waals surface area contributed by atoms with Crippen LogP contribution >= 0.6 is 0 Å². The largest absolute Gasteiger partial charge is 0.341 e. The molecule has 0 bridgehead atoms. The summed E-state index contributed by atoms with van der Waals surface area (Å²) in [5.74, 6) is 1.73. The number of anilines is 1. The zero-order valence-corrected chi connectivity index (χ0v) is 10.2. The fourth-order valence-electron chi connectivity index (χ4n) is 2.41. The molecule has 0 spiro atoms. The van der Waals surface area contributed by atoms with E-state index >= 15 is 0 Å². The second-order valence-corrected chi connectivity index (χ2v) is 5.16. The third-order valence-corrected chi connectivity index (χ3v) is 3.72. The van der Waals surface area contributed by atoms with Crippen LogP contribution in [-0.4, -0.2) is 35.6 Å². The summed E-state index contributed by atoms with van der Waals surface area (Å²) in [4.78, 5) is 10.9. The van der Waals surface area contributed by atoms with Crippen molar-refractivity contribution < 1.29 is 0 Å². The van der Waals surface area contributed by atoms with E-state index in [0.717, 1.165) is 31.0 Å². The van der Waals surface area contributed by atoms with Crippen LogP contribution in [0.25, 0.3) is 0 Å². The molecular weight excluding hydrogens is 212 g/mol. The number of piperidine rings is 1. The third-order valence-electron chi connectivity index (χ3n) is 3.72. The molecule has 2 aliphatic rings. The van der Waals surface area contributed by atoms with Gasteiger partial charge in [-0.25, -0.2) is 9.97 Å². The van der Waals surface area contributed by atoms with E-state index in [4.69, 9.17) is 0 Å². The van der Waals surface area contributed by atoms with Gasteiger partial charge in [0.15, 0.2) is 0 Å². The Kier molecular flexibility index (Phi) is 3.22. The Balaban J connectivity index is 1.46. The van der Waals surface area contributed by atoms with E-state index in [-0.39, 0.29) is 0 Å². The summed E-state index contributed by atoms with van der Waals surface area (Å²) in [6.07, 6.45) is 8.94. The number of aromatic nitrogens is 2. The van der Waals surface area contributed by atoms with Gasteiger partial charge < -0.3 is 10.2 Å². The first-order valence-electron chi connectivity index (χ1n) is 6.67. The van der Waals surface area contributed by atoms with Crippen molar-refractivity contribution >= 4 is 5.95 Å². The highest BCUT2D eigenvalue weighted by Crippen LogP contribution is 2.22. The lowest BCUT2D eigenvalue weighted by atomic mass is 9.97. The Hall–Kier alpha value is -1.16. The summed E-state index contributed by atoms with van der Waals surface area (Å²) in [5, 5.41) is 3.63. The van der Waals surface area contributed by atoms with Gasteiger partial charge in [0.1, 0.15) is 0 Å². The predicted molar refractivity (Wildman–Crippen MR) is 68.0 cm³/mol. The molecule has 4 heteroatoms. The first-order valence-corrected chi connectivity index (χ1v) is 6.67. The van der Waals surface area contributed by atoms with Crippen LogP contribution in [0.2, 0.25) is 0 Å². The van der Waals surface area contributed by atoms with E-state index in [1.807, 2.05) is 18.5 Å². The van der Waals surface area contributed by atoms with E-state index in [1.165, 1.54) is 32.2 Å². The van der Waals surface area contributed by atoms with Gasteiger partial charge in [0, 0.05) is 31.5 Å². The van der Waals surface area contributed by atoms with Crippen LogP contribution in [-0.2, 0) is 0 Å². The molecule has 17 heavy (non-hydrogen) atoms. The first kappa shape index (κ1) is 11.0. The van der Waals surface area contributed by atoms with Gasteiger partial charge in [0.05, 0.1) is 0 Å².